The van der Waals surface area contributed by atoms with Crippen LogP contribution in [0.4, 0.5) is 11.4 Å². The summed E-state index contributed by atoms with van der Waals surface area (Å²) in [4.78, 5) is 20.3. The van der Waals surface area contributed by atoms with Gasteiger partial charge in [-0.05, 0) is 31.5 Å². The number of carbonyl (C=O) groups is 1. The summed E-state index contributed by atoms with van der Waals surface area (Å²) in [5.41, 5.74) is 7.97. The highest BCUT2D eigenvalue weighted by atomic mass is 32.2. The van der Waals surface area contributed by atoms with Gasteiger partial charge in [-0.2, -0.15) is 0 Å². The first-order valence-electron chi connectivity index (χ1n) is 6.72. The Morgan fingerprint density at radius 1 is 1.33 bits per heavy atom. The van der Waals surface area contributed by atoms with E-state index in [4.69, 9.17) is 5.73 Å². The monoisotopic (exact) mass is 302 g/mol. The Morgan fingerprint density at radius 2 is 2.14 bits per heavy atom. The van der Waals surface area contributed by atoms with Crippen molar-refractivity contribution in [2.45, 2.75) is 24.9 Å². The van der Waals surface area contributed by atoms with Crippen LogP contribution in [0.2, 0.25) is 0 Å². The number of nitrogens with zero attached hydrogens (tertiary/aromatic N) is 2. The van der Waals surface area contributed by atoms with Gasteiger partial charge in [0.25, 0.3) is 0 Å². The average molecular weight is 302 g/mol. The van der Waals surface area contributed by atoms with Gasteiger partial charge >= 0.3 is 0 Å². The van der Waals surface area contributed by atoms with Gasteiger partial charge in [0.2, 0.25) is 5.91 Å². The lowest BCUT2D eigenvalue weighted by atomic mass is 10.2. The van der Waals surface area contributed by atoms with Gasteiger partial charge in [0, 0.05) is 24.1 Å². The zero-order valence-electron chi connectivity index (χ0n) is 11.9. The molecule has 0 spiro atoms. The predicted molar refractivity (Wildman–Crippen MR) is 86.2 cm³/mol. The lowest BCUT2D eigenvalue weighted by molar-refractivity contribution is -0.116. The first-order valence-corrected chi connectivity index (χ1v) is 7.70. The van der Waals surface area contributed by atoms with E-state index in [-0.39, 0.29) is 5.91 Å². The molecule has 5 nitrogen and oxygen atoms in total. The summed E-state index contributed by atoms with van der Waals surface area (Å²) in [6.45, 7) is 1.93. The Morgan fingerprint density at radius 3 is 2.90 bits per heavy atom. The molecule has 3 N–H and O–H groups in total. The van der Waals surface area contributed by atoms with E-state index in [2.05, 4.69) is 15.3 Å². The number of hydrogen-bond acceptors (Lipinski definition) is 5. The minimum absolute atomic E-state index is 0.0290. The molecule has 0 aliphatic heterocycles. The van der Waals surface area contributed by atoms with Crippen molar-refractivity contribution < 1.29 is 4.79 Å². The molecule has 2 aromatic rings. The number of nitrogens with two attached hydrogens (primary N) is 1. The van der Waals surface area contributed by atoms with Gasteiger partial charge in [0.15, 0.2) is 5.16 Å². The molecule has 110 valence electrons. The first kappa shape index (κ1) is 15.3. The number of amides is 1. The summed E-state index contributed by atoms with van der Waals surface area (Å²) in [6.07, 6.45) is 2.96. The summed E-state index contributed by atoms with van der Waals surface area (Å²) in [5.74, 6) is 0.778. The van der Waals surface area contributed by atoms with Crippen LogP contribution in [0.15, 0.2) is 41.7 Å². The van der Waals surface area contributed by atoms with E-state index < -0.39 is 0 Å². The summed E-state index contributed by atoms with van der Waals surface area (Å²) >= 11 is 1.56. The Bertz CT molecular complexity index is 618. The number of aromatic nitrogens is 2. The molecule has 0 saturated carbocycles. The number of nitrogen functional groups attached to an aromatic ring is 1. The van der Waals surface area contributed by atoms with Gasteiger partial charge in [-0.1, -0.05) is 23.9 Å². The molecule has 0 aliphatic rings. The van der Waals surface area contributed by atoms with Crippen LogP contribution >= 0.6 is 11.8 Å². The van der Waals surface area contributed by atoms with Crippen molar-refractivity contribution in [2.75, 3.05) is 16.8 Å². The zero-order chi connectivity index (χ0) is 15.1. The minimum Gasteiger partial charge on any atom is -0.397 e. The fourth-order valence-electron chi connectivity index (χ4n) is 1.72. The van der Waals surface area contributed by atoms with Crippen LogP contribution < -0.4 is 11.1 Å². The number of benzene rings is 1. The summed E-state index contributed by atoms with van der Waals surface area (Å²) in [6, 6.07) is 9.10. The second-order valence-corrected chi connectivity index (χ2v) is 5.63. The third kappa shape index (κ3) is 5.07. The fourth-order valence-corrected chi connectivity index (χ4v) is 2.53. The number of rotatable bonds is 6. The van der Waals surface area contributed by atoms with Crippen LogP contribution in [0.1, 0.15) is 18.5 Å². The Hall–Kier alpha value is -2.08. The molecule has 2 rings (SSSR count). The van der Waals surface area contributed by atoms with Crippen molar-refractivity contribution in [3.63, 3.8) is 0 Å². The van der Waals surface area contributed by atoms with Crippen LogP contribution in [0.5, 0.6) is 0 Å². The normalized spacial score (nSPS) is 10.3. The number of para-hydroxylation sites is 2. The molecule has 0 saturated heterocycles. The second-order valence-electron chi connectivity index (χ2n) is 4.57. The average Bonchev–Trinajstić information content (AvgIpc) is 2.46. The van der Waals surface area contributed by atoms with Crippen molar-refractivity contribution >= 4 is 29.0 Å². The SMILES string of the molecule is Cc1ccnc(SCCCC(=O)Nc2ccccc2N)n1. The van der Waals surface area contributed by atoms with Gasteiger partial charge in [-0.25, -0.2) is 9.97 Å². The largest absolute Gasteiger partial charge is 0.397 e. The number of thioether (sulfide) groups is 1. The van der Waals surface area contributed by atoms with E-state index in [0.717, 1.165) is 23.0 Å². The molecule has 0 radical (unpaired) electrons. The van der Waals surface area contributed by atoms with Crippen LogP contribution in [0.3, 0.4) is 0 Å². The van der Waals surface area contributed by atoms with Gasteiger partial charge in [-0.15, -0.1) is 0 Å². The van der Waals surface area contributed by atoms with Gasteiger partial charge in [0.1, 0.15) is 0 Å². The molecule has 0 bridgehead atoms. The number of nitrogens with one attached hydrogen (secondary N) is 1. The second kappa shape index (κ2) is 7.64. The summed E-state index contributed by atoms with van der Waals surface area (Å²) in [5, 5.41) is 3.57. The summed E-state index contributed by atoms with van der Waals surface area (Å²) in [7, 11) is 0. The van der Waals surface area contributed by atoms with E-state index in [9.17, 15) is 4.79 Å². The fraction of sp³-hybridized carbons (Fsp3) is 0.267. The number of hydrogen-bond donors (Lipinski definition) is 2. The molecule has 1 amide bonds. The van der Waals surface area contributed by atoms with E-state index in [1.165, 1.54) is 0 Å². The van der Waals surface area contributed by atoms with Crippen molar-refractivity contribution in [1.29, 1.82) is 0 Å². The van der Waals surface area contributed by atoms with Gasteiger partial charge < -0.3 is 11.1 Å². The standard InChI is InChI=1S/C15H18N4OS/c1-11-8-9-17-15(18-11)21-10-4-7-14(20)19-13-6-3-2-5-12(13)16/h2-3,5-6,8-9H,4,7,10,16H2,1H3,(H,19,20). The maximum atomic E-state index is 11.8. The predicted octanol–water partition coefficient (Wildman–Crippen LogP) is 2.88. The number of carbonyl (C=O) groups excluding carboxylic acids is 1. The minimum atomic E-state index is -0.0290. The Labute approximate surface area is 128 Å². The number of anilines is 2. The smallest absolute Gasteiger partial charge is 0.224 e. The molecular formula is C15H18N4OS. The lowest BCUT2D eigenvalue weighted by Crippen LogP contribution is -2.12. The van der Waals surface area contributed by atoms with E-state index in [0.29, 0.717) is 17.8 Å². The maximum Gasteiger partial charge on any atom is 0.224 e. The van der Waals surface area contributed by atoms with Gasteiger partial charge in [-0.3, -0.25) is 4.79 Å². The first-order chi connectivity index (χ1) is 10.1. The van der Waals surface area contributed by atoms with Crippen molar-refractivity contribution in [3.05, 3.63) is 42.2 Å². The molecule has 1 heterocycles. The van der Waals surface area contributed by atoms with Gasteiger partial charge in [0.05, 0.1) is 11.4 Å². The molecule has 0 unspecified atom stereocenters. The third-order valence-corrected chi connectivity index (χ3v) is 3.73. The van der Waals surface area contributed by atoms with Crippen LogP contribution in [0.25, 0.3) is 0 Å². The Balaban J connectivity index is 1.71. The molecule has 0 fully saturated rings. The summed E-state index contributed by atoms with van der Waals surface area (Å²) < 4.78 is 0. The van der Waals surface area contributed by atoms with Crippen LogP contribution in [-0.4, -0.2) is 21.6 Å². The Kier molecular flexibility index (Phi) is 5.57. The van der Waals surface area contributed by atoms with Crippen molar-refractivity contribution in [1.82, 2.24) is 9.97 Å². The molecule has 21 heavy (non-hydrogen) atoms. The lowest BCUT2D eigenvalue weighted by Gasteiger charge is -2.07. The van der Waals surface area contributed by atoms with E-state index >= 15 is 0 Å². The highest BCUT2D eigenvalue weighted by Crippen LogP contribution is 2.18. The quantitative estimate of drug-likeness (QED) is 0.371. The molecule has 1 aromatic carbocycles. The third-order valence-electron chi connectivity index (χ3n) is 2.79. The topological polar surface area (TPSA) is 80.9 Å². The van der Waals surface area contributed by atoms with Crippen LogP contribution in [0, 0.1) is 6.92 Å². The molecule has 6 heteroatoms. The molecule has 0 atom stereocenters. The van der Waals surface area contributed by atoms with E-state index in [1.807, 2.05) is 25.1 Å². The maximum absolute atomic E-state index is 11.8. The number of aryl methyl sites for hydroxylation is 1. The zero-order valence-corrected chi connectivity index (χ0v) is 12.7. The highest BCUT2D eigenvalue weighted by Gasteiger charge is 2.05. The van der Waals surface area contributed by atoms with Crippen LogP contribution in [-0.2, 0) is 4.79 Å². The van der Waals surface area contributed by atoms with Crippen molar-refractivity contribution in [3.8, 4) is 0 Å². The molecule has 0 aliphatic carbocycles. The van der Waals surface area contributed by atoms with Crippen molar-refractivity contribution in [2.24, 2.45) is 0 Å². The highest BCUT2D eigenvalue weighted by molar-refractivity contribution is 7.99. The molecular weight excluding hydrogens is 284 g/mol. The van der Waals surface area contributed by atoms with E-state index in [1.54, 1.807) is 30.1 Å². The molecule has 1 aromatic heterocycles.